The number of hydrogen-bond donors (Lipinski definition) is 1. The highest BCUT2D eigenvalue weighted by Gasteiger charge is 2.06. The molecule has 1 aromatic rings. The van der Waals surface area contributed by atoms with Crippen molar-refractivity contribution in [3.8, 4) is 0 Å². The monoisotopic (exact) mass is 145 g/mol. The fourth-order valence-electron chi connectivity index (χ4n) is 1.01. The van der Waals surface area contributed by atoms with Crippen molar-refractivity contribution in [3.05, 3.63) is 36.2 Å². The van der Waals surface area contributed by atoms with E-state index >= 15 is 0 Å². The molecule has 2 heterocycles. The van der Waals surface area contributed by atoms with Gasteiger partial charge < -0.3 is 0 Å². The molecule has 3 nitrogen and oxygen atoms in total. The number of hydrazone groups is 1. The lowest BCUT2D eigenvalue weighted by Gasteiger charge is -2.11. The standard InChI is InChI=1S/C8H7N3/c1-6-8-5-9-3-2-7(8)4-10-11-6/h2-5,11H,1H2. The van der Waals surface area contributed by atoms with Gasteiger partial charge in [-0.05, 0) is 6.07 Å². The highest BCUT2D eigenvalue weighted by atomic mass is 15.3. The first-order chi connectivity index (χ1) is 5.38. The summed E-state index contributed by atoms with van der Waals surface area (Å²) in [6.45, 7) is 3.79. The fourth-order valence-corrected chi connectivity index (χ4v) is 1.01. The Hall–Kier alpha value is -1.64. The van der Waals surface area contributed by atoms with Gasteiger partial charge in [0, 0.05) is 23.5 Å². The van der Waals surface area contributed by atoms with Crippen molar-refractivity contribution in [1.82, 2.24) is 10.4 Å². The summed E-state index contributed by atoms with van der Waals surface area (Å²) >= 11 is 0. The van der Waals surface area contributed by atoms with Crippen molar-refractivity contribution in [2.24, 2.45) is 5.10 Å². The van der Waals surface area contributed by atoms with E-state index in [1.54, 1.807) is 18.6 Å². The molecule has 0 atom stereocenters. The number of fused-ring (bicyclic) bond motifs is 1. The lowest BCUT2D eigenvalue weighted by molar-refractivity contribution is 0.984. The molecule has 2 rings (SSSR count). The van der Waals surface area contributed by atoms with Crippen LogP contribution in [-0.4, -0.2) is 11.2 Å². The number of rotatable bonds is 0. The van der Waals surface area contributed by atoms with E-state index in [9.17, 15) is 0 Å². The molecule has 0 unspecified atom stereocenters. The third-order valence-corrected chi connectivity index (χ3v) is 1.58. The molecule has 54 valence electrons. The van der Waals surface area contributed by atoms with Crippen LogP contribution in [0.5, 0.6) is 0 Å². The Bertz CT molecular complexity index is 328. The smallest absolute Gasteiger partial charge is 0.0584 e. The molecule has 0 saturated heterocycles. The molecule has 0 fully saturated rings. The first kappa shape index (κ1) is 6.09. The van der Waals surface area contributed by atoms with E-state index in [1.165, 1.54) is 0 Å². The molecule has 0 radical (unpaired) electrons. The van der Waals surface area contributed by atoms with Crippen LogP contribution in [0.1, 0.15) is 11.1 Å². The number of nitrogens with one attached hydrogen (secondary N) is 1. The zero-order chi connectivity index (χ0) is 7.68. The third kappa shape index (κ3) is 0.902. The van der Waals surface area contributed by atoms with Crippen LogP contribution in [-0.2, 0) is 0 Å². The molecule has 0 aromatic carbocycles. The van der Waals surface area contributed by atoms with Crippen molar-refractivity contribution >= 4 is 11.9 Å². The minimum absolute atomic E-state index is 0.801. The molecular formula is C8H7N3. The van der Waals surface area contributed by atoms with Crippen LogP contribution < -0.4 is 5.43 Å². The minimum atomic E-state index is 0.801. The summed E-state index contributed by atoms with van der Waals surface area (Å²) in [6, 6.07) is 1.91. The molecule has 1 aliphatic heterocycles. The second kappa shape index (κ2) is 2.20. The maximum atomic E-state index is 3.99. The Labute approximate surface area is 64.5 Å². The summed E-state index contributed by atoms with van der Waals surface area (Å²) < 4.78 is 0. The lowest BCUT2D eigenvalue weighted by Crippen LogP contribution is -2.11. The zero-order valence-electron chi connectivity index (χ0n) is 5.91. The number of aromatic nitrogens is 1. The average molecular weight is 145 g/mol. The normalized spacial score (nSPS) is 14.0. The summed E-state index contributed by atoms with van der Waals surface area (Å²) in [7, 11) is 0. The largest absolute Gasteiger partial charge is 0.278 e. The van der Waals surface area contributed by atoms with Crippen LogP contribution >= 0.6 is 0 Å². The Morgan fingerprint density at radius 2 is 2.36 bits per heavy atom. The van der Waals surface area contributed by atoms with E-state index < -0.39 is 0 Å². The quantitative estimate of drug-likeness (QED) is 0.591. The van der Waals surface area contributed by atoms with Crippen molar-refractivity contribution < 1.29 is 0 Å². The summed E-state index contributed by atoms with van der Waals surface area (Å²) in [5.41, 5.74) is 5.65. The average Bonchev–Trinajstić information content (AvgIpc) is 2.06. The predicted octanol–water partition coefficient (Wildman–Crippen LogP) is 0.989. The molecule has 0 bridgehead atoms. The molecule has 11 heavy (non-hydrogen) atoms. The van der Waals surface area contributed by atoms with Crippen molar-refractivity contribution in [2.45, 2.75) is 0 Å². The lowest BCUT2D eigenvalue weighted by atomic mass is 10.1. The highest BCUT2D eigenvalue weighted by molar-refractivity contribution is 5.89. The van der Waals surface area contributed by atoms with Crippen LogP contribution in [0.25, 0.3) is 5.70 Å². The predicted molar refractivity (Wildman–Crippen MR) is 44.0 cm³/mol. The first-order valence-electron chi connectivity index (χ1n) is 3.30. The van der Waals surface area contributed by atoms with Crippen molar-refractivity contribution in [1.29, 1.82) is 0 Å². The molecule has 0 spiro atoms. The van der Waals surface area contributed by atoms with E-state index in [0.29, 0.717) is 0 Å². The highest BCUT2D eigenvalue weighted by Crippen LogP contribution is 2.14. The van der Waals surface area contributed by atoms with E-state index in [2.05, 4.69) is 22.1 Å². The van der Waals surface area contributed by atoms with E-state index in [1.807, 2.05) is 6.07 Å². The van der Waals surface area contributed by atoms with Gasteiger partial charge >= 0.3 is 0 Å². The molecule has 0 amide bonds. The molecular weight excluding hydrogens is 138 g/mol. The van der Waals surface area contributed by atoms with Crippen LogP contribution in [0.15, 0.2) is 30.1 Å². The van der Waals surface area contributed by atoms with E-state index in [4.69, 9.17) is 0 Å². The van der Waals surface area contributed by atoms with Gasteiger partial charge in [-0.2, -0.15) is 5.10 Å². The number of hydrogen-bond acceptors (Lipinski definition) is 3. The maximum absolute atomic E-state index is 3.99. The van der Waals surface area contributed by atoms with Crippen LogP contribution in [0, 0.1) is 0 Å². The molecule has 1 aliphatic rings. The Balaban J connectivity index is 2.63. The summed E-state index contributed by atoms with van der Waals surface area (Å²) in [6.07, 6.45) is 5.27. The van der Waals surface area contributed by atoms with Crippen LogP contribution in [0.2, 0.25) is 0 Å². The third-order valence-electron chi connectivity index (χ3n) is 1.58. The minimum Gasteiger partial charge on any atom is -0.278 e. The molecule has 3 heteroatoms. The Kier molecular flexibility index (Phi) is 1.22. The second-order valence-corrected chi connectivity index (χ2v) is 2.31. The molecule has 0 saturated carbocycles. The van der Waals surface area contributed by atoms with Crippen LogP contribution in [0.3, 0.4) is 0 Å². The zero-order valence-corrected chi connectivity index (χ0v) is 5.91. The van der Waals surface area contributed by atoms with E-state index in [-0.39, 0.29) is 0 Å². The van der Waals surface area contributed by atoms with Gasteiger partial charge in [0.15, 0.2) is 0 Å². The first-order valence-corrected chi connectivity index (χ1v) is 3.30. The number of nitrogens with zero attached hydrogens (tertiary/aromatic N) is 2. The Morgan fingerprint density at radius 3 is 3.18 bits per heavy atom. The van der Waals surface area contributed by atoms with Crippen molar-refractivity contribution in [2.75, 3.05) is 0 Å². The van der Waals surface area contributed by atoms with Gasteiger partial charge in [-0.3, -0.25) is 10.4 Å². The maximum Gasteiger partial charge on any atom is 0.0584 e. The number of pyridine rings is 1. The van der Waals surface area contributed by atoms with E-state index in [0.717, 1.165) is 16.8 Å². The molecule has 1 N–H and O–H groups in total. The van der Waals surface area contributed by atoms with Gasteiger partial charge in [0.1, 0.15) is 0 Å². The van der Waals surface area contributed by atoms with Gasteiger partial charge in [0.25, 0.3) is 0 Å². The van der Waals surface area contributed by atoms with Gasteiger partial charge in [-0.1, -0.05) is 6.58 Å². The Morgan fingerprint density at radius 1 is 1.45 bits per heavy atom. The van der Waals surface area contributed by atoms with Gasteiger partial charge in [0.05, 0.1) is 11.9 Å². The van der Waals surface area contributed by atoms with Crippen LogP contribution in [0.4, 0.5) is 0 Å². The summed E-state index contributed by atoms with van der Waals surface area (Å²) in [5.74, 6) is 0. The van der Waals surface area contributed by atoms with Gasteiger partial charge in [-0.25, -0.2) is 0 Å². The van der Waals surface area contributed by atoms with Gasteiger partial charge in [0.2, 0.25) is 0 Å². The summed E-state index contributed by atoms with van der Waals surface area (Å²) in [4.78, 5) is 3.99. The summed E-state index contributed by atoms with van der Waals surface area (Å²) in [5, 5.41) is 3.90. The molecule has 0 aliphatic carbocycles. The topological polar surface area (TPSA) is 37.3 Å². The van der Waals surface area contributed by atoms with Gasteiger partial charge in [-0.15, -0.1) is 0 Å². The fraction of sp³-hybridized carbons (Fsp3) is 0. The van der Waals surface area contributed by atoms with Crippen molar-refractivity contribution in [3.63, 3.8) is 0 Å². The molecule has 1 aromatic heterocycles. The SMILES string of the molecule is C=C1NN=Cc2ccncc21. The second-order valence-electron chi connectivity index (χ2n) is 2.31.